The summed E-state index contributed by atoms with van der Waals surface area (Å²) in [6, 6.07) is 16.9. The molecular weight excluding hydrogens is 378 g/mol. The van der Waals surface area contributed by atoms with Crippen LogP contribution >= 0.6 is 11.8 Å². The molecule has 2 amide bonds. The third-order valence-corrected chi connectivity index (χ3v) is 4.48. The van der Waals surface area contributed by atoms with Gasteiger partial charge in [0.25, 0.3) is 16.7 Å². The Labute approximate surface area is 165 Å². The normalized spacial score (nSPS) is 13.1. The summed E-state index contributed by atoms with van der Waals surface area (Å²) in [6.07, 6.45) is 1.57. The highest BCUT2D eigenvalue weighted by Crippen LogP contribution is 2.19. The molecule has 1 saturated heterocycles. The number of carbonyl (C=O) groups is 2. The van der Waals surface area contributed by atoms with Crippen molar-refractivity contribution < 1.29 is 14.3 Å². The van der Waals surface area contributed by atoms with Gasteiger partial charge in [0.15, 0.2) is 0 Å². The number of imide groups is 1. The number of ether oxygens (including phenoxy) is 1. The van der Waals surface area contributed by atoms with Crippen LogP contribution in [0.3, 0.4) is 0 Å². The Bertz CT molecular complexity index is 1060. The topological polar surface area (TPSA) is 90.3 Å². The molecule has 3 aromatic rings. The molecule has 0 spiro atoms. The number of hydrogen-bond acceptors (Lipinski definition) is 6. The van der Waals surface area contributed by atoms with Gasteiger partial charge in [0.2, 0.25) is 0 Å². The average Bonchev–Trinajstić information content (AvgIpc) is 3.00. The fourth-order valence-electron chi connectivity index (χ4n) is 2.39. The molecule has 7 nitrogen and oxygen atoms in total. The number of thioether (sulfide) groups is 1. The second-order valence-electron chi connectivity index (χ2n) is 5.69. The maximum atomic E-state index is 12.2. The number of hydrogen-bond donors (Lipinski definition) is 1. The summed E-state index contributed by atoms with van der Waals surface area (Å²) in [5, 5.41) is 2.35. The molecule has 0 unspecified atom stereocenters. The smallest absolute Gasteiger partial charge is 0.290 e. The molecule has 4 rings (SSSR count). The Balaban J connectivity index is 0.000000236. The minimum absolute atomic E-state index is 0.0349. The van der Waals surface area contributed by atoms with Crippen molar-refractivity contribution in [2.75, 3.05) is 6.61 Å². The van der Waals surface area contributed by atoms with Crippen LogP contribution in [0.5, 0.6) is 5.75 Å². The number of rotatable bonds is 4. The minimum atomic E-state index is -0.375. The lowest BCUT2D eigenvalue weighted by Crippen LogP contribution is -2.23. The van der Waals surface area contributed by atoms with Crippen molar-refractivity contribution >= 4 is 33.8 Å². The number of carbonyl (C=O) groups excluding carboxylic acids is 2. The zero-order chi connectivity index (χ0) is 19.9. The number of aromatic nitrogens is 2. The van der Waals surface area contributed by atoms with E-state index in [0.29, 0.717) is 18.5 Å². The summed E-state index contributed by atoms with van der Waals surface area (Å²) in [5.74, 6) is 0.425. The van der Waals surface area contributed by atoms with Gasteiger partial charge in [-0.15, -0.1) is 0 Å². The highest BCUT2D eigenvalue weighted by molar-refractivity contribution is 8.18. The molecule has 1 aliphatic heterocycles. The van der Waals surface area contributed by atoms with E-state index >= 15 is 0 Å². The number of para-hydroxylation sites is 2. The summed E-state index contributed by atoms with van der Waals surface area (Å²) in [4.78, 5) is 37.4. The first-order valence-corrected chi connectivity index (χ1v) is 9.20. The van der Waals surface area contributed by atoms with Gasteiger partial charge in [0.1, 0.15) is 12.4 Å². The fraction of sp³-hybridized carbons (Fsp3) is 0.100. The van der Waals surface area contributed by atoms with Gasteiger partial charge in [-0.25, -0.2) is 4.98 Å². The second kappa shape index (κ2) is 9.01. The Kier molecular flexibility index (Phi) is 6.23. The average molecular weight is 395 g/mol. The van der Waals surface area contributed by atoms with Gasteiger partial charge >= 0.3 is 0 Å². The molecule has 28 heavy (non-hydrogen) atoms. The van der Waals surface area contributed by atoms with E-state index < -0.39 is 0 Å². The molecule has 2 aromatic carbocycles. The highest BCUT2D eigenvalue weighted by atomic mass is 32.2. The van der Waals surface area contributed by atoms with E-state index in [4.69, 9.17) is 4.74 Å². The quantitative estimate of drug-likeness (QED) is 0.683. The monoisotopic (exact) mass is 395 g/mol. The van der Waals surface area contributed by atoms with Gasteiger partial charge in [-0.1, -0.05) is 36.9 Å². The summed E-state index contributed by atoms with van der Waals surface area (Å²) in [7, 11) is 0. The lowest BCUT2D eigenvalue weighted by molar-refractivity contribution is -0.115. The molecule has 1 N–H and O–H groups in total. The summed E-state index contributed by atoms with van der Waals surface area (Å²) < 4.78 is 7.16. The van der Waals surface area contributed by atoms with Crippen LogP contribution < -0.4 is 15.6 Å². The molecule has 0 atom stereocenters. The lowest BCUT2D eigenvalue weighted by Gasteiger charge is -2.08. The van der Waals surface area contributed by atoms with Crippen LogP contribution in [0, 0.1) is 0 Å². The predicted molar refractivity (Wildman–Crippen MR) is 108 cm³/mol. The first-order chi connectivity index (χ1) is 13.5. The Morgan fingerprint density at radius 1 is 1.04 bits per heavy atom. The summed E-state index contributed by atoms with van der Waals surface area (Å²) in [5.41, 5.74) is 0.685. The van der Waals surface area contributed by atoms with Crippen molar-refractivity contribution in [3.05, 3.63) is 82.8 Å². The lowest BCUT2D eigenvalue weighted by atomic mass is 10.2. The Morgan fingerprint density at radius 3 is 2.39 bits per heavy atom. The zero-order valence-electron chi connectivity index (χ0n) is 14.8. The molecule has 0 saturated carbocycles. The molecular formula is C20H17N3O4S. The van der Waals surface area contributed by atoms with Crippen molar-refractivity contribution in [3.8, 4) is 5.75 Å². The fourth-order valence-corrected chi connectivity index (χ4v) is 2.90. The van der Waals surface area contributed by atoms with E-state index in [1.54, 1.807) is 17.0 Å². The van der Waals surface area contributed by atoms with Gasteiger partial charge < -0.3 is 4.74 Å². The summed E-state index contributed by atoms with van der Waals surface area (Å²) >= 11 is 0.834. The molecule has 1 aliphatic rings. The van der Waals surface area contributed by atoms with Crippen molar-refractivity contribution in [1.82, 2.24) is 14.9 Å². The Morgan fingerprint density at radius 2 is 1.75 bits per heavy atom. The number of amides is 2. The van der Waals surface area contributed by atoms with Crippen LogP contribution in [0.25, 0.3) is 10.9 Å². The molecule has 0 radical (unpaired) electrons. The second-order valence-corrected chi connectivity index (χ2v) is 6.76. The first-order valence-electron chi connectivity index (χ1n) is 8.38. The number of nitrogens with one attached hydrogen (secondary N) is 1. The maximum Gasteiger partial charge on any atom is 0.290 e. The molecule has 0 bridgehead atoms. The predicted octanol–water partition coefficient (Wildman–Crippen LogP) is 2.96. The Hall–Kier alpha value is -3.39. The van der Waals surface area contributed by atoms with Crippen LogP contribution in [-0.4, -0.2) is 27.3 Å². The van der Waals surface area contributed by atoms with Crippen LogP contribution in [0.4, 0.5) is 4.79 Å². The third kappa shape index (κ3) is 4.86. The number of benzene rings is 2. The highest BCUT2D eigenvalue weighted by Gasteiger charge is 2.22. The van der Waals surface area contributed by atoms with Gasteiger partial charge in [-0.05, 0) is 36.0 Å². The van der Waals surface area contributed by atoms with E-state index in [0.717, 1.165) is 23.0 Å². The van der Waals surface area contributed by atoms with Crippen molar-refractivity contribution in [3.63, 3.8) is 0 Å². The van der Waals surface area contributed by atoms with Crippen molar-refractivity contribution in [2.24, 2.45) is 0 Å². The van der Waals surface area contributed by atoms with E-state index in [-0.39, 0.29) is 21.6 Å². The van der Waals surface area contributed by atoms with Gasteiger partial charge in [-0.2, -0.15) is 0 Å². The molecule has 0 aliphatic carbocycles. The van der Waals surface area contributed by atoms with E-state index in [2.05, 4.69) is 16.9 Å². The number of fused-ring (bicyclic) bond motifs is 1. The molecule has 142 valence electrons. The van der Waals surface area contributed by atoms with Crippen molar-refractivity contribution in [1.29, 1.82) is 0 Å². The van der Waals surface area contributed by atoms with Crippen molar-refractivity contribution in [2.45, 2.75) is 6.54 Å². The third-order valence-electron chi connectivity index (χ3n) is 3.76. The maximum absolute atomic E-state index is 12.2. The van der Waals surface area contributed by atoms with Gasteiger partial charge in [0, 0.05) is 0 Å². The van der Waals surface area contributed by atoms with Crippen LogP contribution in [-0.2, 0) is 11.3 Å². The SMILES string of the molecule is C=C1SC(=O)NC1=O.O=c1c2ccccc2ncn1CCOc1ccccc1. The van der Waals surface area contributed by atoms with Gasteiger partial charge in [0.05, 0.1) is 28.7 Å². The van der Waals surface area contributed by atoms with E-state index in [1.807, 2.05) is 48.5 Å². The van der Waals surface area contributed by atoms with Crippen LogP contribution in [0.15, 0.2) is 77.2 Å². The number of nitrogens with zero attached hydrogens (tertiary/aromatic N) is 2. The van der Waals surface area contributed by atoms with Gasteiger partial charge in [-0.3, -0.25) is 24.3 Å². The molecule has 2 heterocycles. The molecule has 1 fully saturated rings. The largest absolute Gasteiger partial charge is 0.492 e. The van der Waals surface area contributed by atoms with Crippen LogP contribution in [0.2, 0.25) is 0 Å². The zero-order valence-corrected chi connectivity index (χ0v) is 15.6. The minimum Gasteiger partial charge on any atom is -0.492 e. The van der Waals surface area contributed by atoms with Crippen LogP contribution in [0.1, 0.15) is 0 Å². The summed E-state index contributed by atoms with van der Waals surface area (Å²) in [6.45, 7) is 4.23. The standard InChI is InChI=1S/C16H14N2O2.C4H3NO2S/c19-16-14-8-4-5-9-15(14)17-12-18(16)10-11-20-13-6-2-1-3-7-13;1-2-3(6)5-4(7)8-2/h1-9,12H,10-11H2;1H2,(H,5,6,7). The molecule has 1 aromatic heterocycles. The van der Waals surface area contributed by atoms with E-state index in [9.17, 15) is 14.4 Å². The first kappa shape index (κ1) is 19.4. The van der Waals surface area contributed by atoms with E-state index in [1.165, 1.54) is 0 Å². The molecule has 8 heteroatoms.